The van der Waals surface area contributed by atoms with Gasteiger partial charge >= 0.3 is 0 Å². The standard InChI is InChI=1S/C18H21B/c1-12(2)18(13(3)19)16-10-6-4-8-14(16)15-9-5-7-11-17(15)18/h4-13H,19H2,1-3H3. The number of benzene rings is 2. The molecule has 3 rings (SSSR count). The van der Waals surface area contributed by atoms with E-state index in [1.165, 1.54) is 22.3 Å². The van der Waals surface area contributed by atoms with E-state index in [-0.39, 0.29) is 5.41 Å². The highest BCUT2D eigenvalue weighted by molar-refractivity contribution is 6.13. The van der Waals surface area contributed by atoms with Gasteiger partial charge in [0.25, 0.3) is 0 Å². The van der Waals surface area contributed by atoms with Crippen LogP contribution < -0.4 is 0 Å². The first-order valence-corrected chi connectivity index (χ1v) is 7.29. The Morgan fingerprint density at radius 1 is 0.789 bits per heavy atom. The molecule has 0 amide bonds. The molecule has 2 aromatic carbocycles. The summed E-state index contributed by atoms with van der Waals surface area (Å²) in [5, 5.41) is 0. The predicted molar refractivity (Wildman–Crippen MR) is 85.5 cm³/mol. The second-order valence-corrected chi connectivity index (χ2v) is 6.27. The lowest BCUT2D eigenvalue weighted by molar-refractivity contribution is 0.367. The van der Waals surface area contributed by atoms with Gasteiger partial charge in [-0.15, -0.1) is 0 Å². The Bertz CT molecular complexity index is 555. The van der Waals surface area contributed by atoms with E-state index in [1.54, 1.807) is 0 Å². The van der Waals surface area contributed by atoms with Gasteiger partial charge in [-0.1, -0.05) is 75.1 Å². The number of rotatable bonds is 2. The topological polar surface area (TPSA) is 0 Å². The summed E-state index contributed by atoms with van der Waals surface area (Å²) >= 11 is 0. The maximum absolute atomic E-state index is 2.36. The minimum absolute atomic E-state index is 0.160. The number of hydrogen-bond donors (Lipinski definition) is 0. The van der Waals surface area contributed by atoms with Crippen LogP contribution in [-0.2, 0) is 5.41 Å². The molecule has 0 aliphatic heterocycles. The van der Waals surface area contributed by atoms with Crippen LogP contribution in [0.5, 0.6) is 0 Å². The average molecular weight is 248 g/mol. The quantitative estimate of drug-likeness (QED) is 0.703. The summed E-state index contributed by atoms with van der Waals surface area (Å²) in [5.74, 6) is 1.19. The molecule has 0 saturated heterocycles. The molecule has 0 fully saturated rings. The third-order valence-electron chi connectivity index (χ3n) is 4.86. The monoisotopic (exact) mass is 248 g/mol. The van der Waals surface area contributed by atoms with Crippen molar-refractivity contribution in [2.24, 2.45) is 5.92 Å². The van der Waals surface area contributed by atoms with E-state index in [0.717, 1.165) is 0 Å². The Morgan fingerprint density at radius 2 is 1.21 bits per heavy atom. The van der Waals surface area contributed by atoms with Crippen molar-refractivity contribution in [2.45, 2.75) is 32.0 Å². The highest BCUT2D eigenvalue weighted by Gasteiger charge is 2.46. The van der Waals surface area contributed by atoms with Gasteiger partial charge in [0.05, 0.1) is 0 Å². The summed E-state index contributed by atoms with van der Waals surface area (Å²) in [6.07, 6.45) is 0. The molecule has 0 heterocycles. The summed E-state index contributed by atoms with van der Waals surface area (Å²) in [6.45, 7) is 7.08. The van der Waals surface area contributed by atoms with Crippen LogP contribution in [0.3, 0.4) is 0 Å². The SMILES string of the molecule is BC(C)C1(C(C)C)c2ccccc2-c2ccccc21. The Balaban J connectivity index is 2.42. The molecule has 0 bridgehead atoms. The van der Waals surface area contributed by atoms with Gasteiger partial charge in [-0.3, -0.25) is 0 Å². The van der Waals surface area contributed by atoms with Crippen LogP contribution >= 0.6 is 0 Å². The second-order valence-electron chi connectivity index (χ2n) is 6.27. The second kappa shape index (κ2) is 4.26. The molecule has 0 aromatic heterocycles. The fraction of sp³-hybridized carbons (Fsp3) is 0.333. The molecule has 1 heteroatoms. The summed E-state index contributed by atoms with van der Waals surface area (Å²) in [7, 11) is 2.36. The molecule has 0 nitrogen and oxygen atoms in total. The summed E-state index contributed by atoms with van der Waals surface area (Å²) in [4.78, 5) is 0. The first-order valence-electron chi connectivity index (χ1n) is 7.29. The van der Waals surface area contributed by atoms with Crippen LogP contribution in [0.25, 0.3) is 11.1 Å². The highest BCUT2D eigenvalue weighted by Crippen LogP contribution is 2.57. The van der Waals surface area contributed by atoms with E-state index >= 15 is 0 Å². The molecule has 1 aliphatic rings. The van der Waals surface area contributed by atoms with Gasteiger partial charge < -0.3 is 0 Å². The van der Waals surface area contributed by atoms with E-state index < -0.39 is 0 Å². The summed E-state index contributed by atoms with van der Waals surface area (Å²) in [6, 6.07) is 17.9. The fourth-order valence-electron chi connectivity index (χ4n) is 4.21. The maximum Gasteiger partial charge on any atom is 0.106 e. The van der Waals surface area contributed by atoms with E-state index in [0.29, 0.717) is 11.7 Å². The van der Waals surface area contributed by atoms with Gasteiger partial charge in [-0.05, 0) is 28.2 Å². The zero-order valence-corrected chi connectivity index (χ0v) is 12.3. The van der Waals surface area contributed by atoms with Gasteiger partial charge in [0.15, 0.2) is 0 Å². The van der Waals surface area contributed by atoms with Crippen LogP contribution in [0.2, 0.25) is 5.82 Å². The normalized spacial score (nSPS) is 17.1. The van der Waals surface area contributed by atoms with Crippen LogP contribution in [-0.4, -0.2) is 7.85 Å². The Hall–Kier alpha value is -1.50. The molecule has 2 aromatic rings. The minimum Gasteiger partial charge on any atom is -0.0686 e. The maximum atomic E-state index is 2.36. The van der Waals surface area contributed by atoms with Crippen molar-refractivity contribution >= 4 is 7.85 Å². The first kappa shape index (κ1) is 12.5. The molecule has 0 saturated carbocycles. The molecule has 19 heavy (non-hydrogen) atoms. The highest BCUT2D eigenvalue weighted by atomic mass is 14.5. The predicted octanol–water partition coefficient (Wildman–Crippen LogP) is 4.05. The van der Waals surface area contributed by atoms with Crippen molar-refractivity contribution in [3.05, 3.63) is 59.7 Å². The number of fused-ring (bicyclic) bond motifs is 3. The smallest absolute Gasteiger partial charge is 0.0686 e. The van der Waals surface area contributed by atoms with Crippen LogP contribution in [0.1, 0.15) is 31.9 Å². The van der Waals surface area contributed by atoms with Crippen molar-refractivity contribution < 1.29 is 0 Å². The largest absolute Gasteiger partial charge is 0.106 e. The van der Waals surface area contributed by atoms with Crippen LogP contribution in [0, 0.1) is 5.92 Å². The summed E-state index contributed by atoms with van der Waals surface area (Å²) in [5.41, 5.74) is 6.05. The van der Waals surface area contributed by atoms with Crippen molar-refractivity contribution in [1.29, 1.82) is 0 Å². The summed E-state index contributed by atoms with van der Waals surface area (Å²) < 4.78 is 0. The fourth-order valence-corrected chi connectivity index (χ4v) is 4.21. The lowest BCUT2D eigenvalue weighted by atomic mass is 9.56. The minimum atomic E-state index is 0.160. The molecule has 1 unspecified atom stereocenters. The molecule has 96 valence electrons. The van der Waals surface area contributed by atoms with E-state index in [2.05, 4.69) is 77.1 Å². The Labute approximate surface area is 117 Å². The van der Waals surface area contributed by atoms with E-state index in [1.807, 2.05) is 0 Å². The lowest BCUT2D eigenvalue weighted by Gasteiger charge is -2.40. The molecule has 1 aliphatic carbocycles. The van der Waals surface area contributed by atoms with Crippen molar-refractivity contribution in [1.82, 2.24) is 0 Å². The third kappa shape index (κ3) is 1.48. The van der Waals surface area contributed by atoms with Gasteiger partial charge in [0.2, 0.25) is 0 Å². The van der Waals surface area contributed by atoms with Crippen molar-refractivity contribution in [3.8, 4) is 11.1 Å². The van der Waals surface area contributed by atoms with Gasteiger partial charge in [0.1, 0.15) is 7.85 Å². The molecule has 0 spiro atoms. The van der Waals surface area contributed by atoms with Crippen LogP contribution in [0.4, 0.5) is 0 Å². The molecular formula is C18H21B. The van der Waals surface area contributed by atoms with Gasteiger partial charge in [-0.25, -0.2) is 0 Å². The molecule has 0 radical (unpaired) electrons. The van der Waals surface area contributed by atoms with Crippen LogP contribution in [0.15, 0.2) is 48.5 Å². The Kier molecular flexibility index (Phi) is 2.81. The molecule has 1 atom stereocenters. The zero-order valence-electron chi connectivity index (χ0n) is 12.3. The van der Waals surface area contributed by atoms with Crippen molar-refractivity contribution in [2.75, 3.05) is 0 Å². The van der Waals surface area contributed by atoms with Gasteiger partial charge in [0, 0.05) is 5.41 Å². The zero-order chi connectivity index (χ0) is 13.6. The third-order valence-corrected chi connectivity index (χ3v) is 4.86. The number of hydrogen-bond acceptors (Lipinski definition) is 0. The Morgan fingerprint density at radius 3 is 1.58 bits per heavy atom. The van der Waals surface area contributed by atoms with E-state index in [9.17, 15) is 0 Å². The van der Waals surface area contributed by atoms with Gasteiger partial charge in [-0.2, -0.15) is 0 Å². The lowest BCUT2D eigenvalue weighted by Crippen LogP contribution is -2.35. The van der Waals surface area contributed by atoms with E-state index in [4.69, 9.17) is 0 Å². The van der Waals surface area contributed by atoms with Crippen molar-refractivity contribution in [3.63, 3.8) is 0 Å². The molecule has 0 N–H and O–H groups in total. The molecular weight excluding hydrogens is 227 g/mol. The average Bonchev–Trinajstić information content (AvgIpc) is 2.70. The first-order chi connectivity index (χ1) is 9.10.